The largest absolute Gasteiger partial charge is 0.454 e. The predicted molar refractivity (Wildman–Crippen MR) is 86.6 cm³/mol. The highest BCUT2D eigenvalue weighted by Gasteiger charge is 2.31. The monoisotopic (exact) mass is 328 g/mol. The third-order valence-electron chi connectivity index (χ3n) is 4.47. The van der Waals surface area contributed by atoms with Gasteiger partial charge in [0.2, 0.25) is 12.7 Å². The summed E-state index contributed by atoms with van der Waals surface area (Å²) >= 11 is 0. The number of imidazole rings is 1. The number of carbonyl (C=O) groups excluding carboxylic acids is 1. The summed E-state index contributed by atoms with van der Waals surface area (Å²) in [5.41, 5.74) is 2.20. The molecule has 0 fully saturated rings. The molecule has 2 aromatic rings. The molecule has 0 bridgehead atoms. The molecule has 2 aliphatic heterocycles. The Bertz CT molecular complexity index is 771. The van der Waals surface area contributed by atoms with Gasteiger partial charge in [0.1, 0.15) is 6.04 Å². The van der Waals surface area contributed by atoms with E-state index >= 15 is 0 Å². The van der Waals surface area contributed by atoms with Gasteiger partial charge in [-0.1, -0.05) is 6.07 Å². The topological polar surface area (TPSA) is 59.8 Å². The van der Waals surface area contributed by atoms with Crippen LogP contribution in [-0.4, -0.2) is 52.7 Å². The smallest absolute Gasteiger partial charge is 0.246 e. The molecule has 1 atom stereocenters. The van der Waals surface area contributed by atoms with Crippen LogP contribution in [0, 0.1) is 0 Å². The fourth-order valence-corrected chi connectivity index (χ4v) is 3.27. The standard InChI is InChI=1S/C17H20N4O3/c1-19(2)17(22)14-9-20(8-13-6-18-10-21(13)14)7-12-3-4-15-16(5-12)24-11-23-15/h3-6,10,14H,7-9,11H2,1-2H3/t14-/m0/s1. The molecule has 24 heavy (non-hydrogen) atoms. The molecule has 4 rings (SSSR count). The Morgan fingerprint density at radius 2 is 2.17 bits per heavy atom. The van der Waals surface area contributed by atoms with E-state index in [0.29, 0.717) is 6.54 Å². The number of nitrogens with zero attached hydrogens (tertiary/aromatic N) is 4. The van der Waals surface area contributed by atoms with Gasteiger partial charge in [0.15, 0.2) is 11.5 Å². The zero-order chi connectivity index (χ0) is 16.7. The Morgan fingerprint density at radius 3 is 3.00 bits per heavy atom. The van der Waals surface area contributed by atoms with Crippen LogP contribution in [0.4, 0.5) is 0 Å². The van der Waals surface area contributed by atoms with E-state index < -0.39 is 0 Å². The maximum atomic E-state index is 12.5. The van der Waals surface area contributed by atoms with Crippen molar-refractivity contribution in [2.75, 3.05) is 27.4 Å². The average Bonchev–Trinajstić information content (AvgIpc) is 3.21. The number of benzene rings is 1. The van der Waals surface area contributed by atoms with Crippen molar-refractivity contribution in [3.05, 3.63) is 42.0 Å². The maximum Gasteiger partial charge on any atom is 0.246 e. The molecular formula is C17H20N4O3. The summed E-state index contributed by atoms with van der Waals surface area (Å²) in [6.45, 7) is 2.46. The van der Waals surface area contributed by atoms with Crippen molar-refractivity contribution in [1.29, 1.82) is 0 Å². The molecule has 1 aromatic carbocycles. The lowest BCUT2D eigenvalue weighted by Gasteiger charge is -2.34. The van der Waals surface area contributed by atoms with E-state index in [4.69, 9.17) is 9.47 Å². The van der Waals surface area contributed by atoms with Crippen molar-refractivity contribution in [3.8, 4) is 11.5 Å². The molecule has 3 heterocycles. The van der Waals surface area contributed by atoms with Crippen LogP contribution in [0.15, 0.2) is 30.7 Å². The van der Waals surface area contributed by atoms with Gasteiger partial charge >= 0.3 is 0 Å². The predicted octanol–water partition coefficient (Wildman–Crippen LogP) is 1.26. The van der Waals surface area contributed by atoms with Crippen LogP contribution in [0.1, 0.15) is 17.3 Å². The fourth-order valence-electron chi connectivity index (χ4n) is 3.27. The number of hydrogen-bond acceptors (Lipinski definition) is 5. The van der Waals surface area contributed by atoms with Crippen molar-refractivity contribution >= 4 is 5.91 Å². The molecule has 0 radical (unpaired) electrons. The van der Waals surface area contributed by atoms with Crippen molar-refractivity contribution in [2.45, 2.75) is 19.1 Å². The van der Waals surface area contributed by atoms with Crippen molar-refractivity contribution < 1.29 is 14.3 Å². The number of likely N-dealkylation sites (N-methyl/N-ethyl adjacent to an activating group) is 1. The molecule has 7 nitrogen and oxygen atoms in total. The molecule has 0 aliphatic carbocycles. The summed E-state index contributed by atoms with van der Waals surface area (Å²) in [7, 11) is 3.57. The van der Waals surface area contributed by atoms with Crippen LogP contribution in [0.2, 0.25) is 0 Å². The number of carbonyl (C=O) groups is 1. The number of aromatic nitrogens is 2. The van der Waals surface area contributed by atoms with E-state index in [2.05, 4.69) is 9.88 Å². The van der Waals surface area contributed by atoms with Gasteiger partial charge < -0.3 is 18.9 Å². The SMILES string of the molecule is CN(C)C(=O)[C@@H]1CN(Cc2ccc3c(c2)OCO3)Cc2cncn21. The van der Waals surface area contributed by atoms with E-state index in [0.717, 1.165) is 35.8 Å². The molecule has 0 spiro atoms. The first-order valence-corrected chi connectivity index (χ1v) is 7.94. The van der Waals surface area contributed by atoms with Gasteiger partial charge in [-0.25, -0.2) is 4.98 Å². The van der Waals surface area contributed by atoms with Crippen LogP contribution in [0.5, 0.6) is 11.5 Å². The quantitative estimate of drug-likeness (QED) is 0.849. The Morgan fingerprint density at radius 1 is 1.33 bits per heavy atom. The highest BCUT2D eigenvalue weighted by Crippen LogP contribution is 2.33. The Kier molecular flexibility index (Phi) is 3.65. The van der Waals surface area contributed by atoms with Crippen molar-refractivity contribution in [1.82, 2.24) is 19.4 Å². The van der Waals surface area contributed by atoms with E-state index in [9.17, 15) is 4.79 Å². The molecule has 2 aliphatic rings. The highest BCUT2D eigenvalue weighted by atomic mass is 16.7. The van der Waals surface area contributed by atoms with E-state index in [-0.39, 0.29) is 18.7 Å². The van der Waals surface area contributed by atoms with Crippen LogP contribution >= 0.6 is 0 Å². The average molecular weight is 328 g/mol. The molecule has 1 aromatic heterocycles. The number of fused-ring (bicyclic) bond motifs is 2. The van der Waals surface area contributed by atoms with Gasteiger partial charge in [0, 0.05) is 39.9 Å². The summed E-state index contributed by atoms with van der Waals surface area (Å²) in [6.07, 6.45) is 3.58. The number of amides is 1. The summed E-state index contributed by atoms with van der Waals surface area (Å²) in [6, 6.07) is 5.76. The lowest BCUT2D eigenvalue weighted by molar-refractivity contribution is -0.133. The van der Waals surface area contributed by atoms with E-state index in [1.54, 1.807) is 25.3 Å². The third kappa shape index (κ3) is 2.60. The lowest BCUT2D eigenvalue weighted by atomic mass is 10.1. The Hall–Kier alpha value is -2.54. The van der Waals surface area contributed by atoms with Crippen molar-refractivity contribution in [2.24, 2.45) is 0 Å². The fraction of sp³-hybridized carbons (Fsp3) is 0.412. The van der Waals surface area contributed by atoms with Crippen LogP contribution in [0.25, 0.3) is 0 Å². The number of hydrogen-bond donors (Lipinski definition) is 0. The first kappa shape index (κ1) is 15.0. The number of rotatable bonds is 3. The lowest BCUT2D eigenvalue weighted by Crippen LogP contribution is -2.43. The van der Waals surface area contributed by atoms with Gasteiger partial charge in [-0.05, 0) is 17.7 Å². The molecule has 0 N–H and O–H groups in total. The van der Waals surface area contributed by atoms with Crippen molar-refractivity contribution in [3.63, 3.8) is 0 Å². The van der Waals surface area contributed by atoms with Gasteiger partial charge in [-0.3, -0.25) is 9.69 Å². The Labute approximate surface area is 140 Å². The van der Waals surface area contributed by atoms with Gasteiger partial charge in [-0.2, -0.15) is 0 Å². The summed E-state index contributed by atoms with van der Waals surface area (Å²) in [5, 5.41) is 0. The van der Waals surface area contributed by atoms with Gasteiger partial charge in [0.25, 0.3) is 0 Å². The van der Waals surface area contributed by atoms with Gasteiger partial charge in [-0.15, -0.1) is 0 Å². The van der Waals surface area contributed by atoms with Crippen LogP contribution in [0.3, 0.4) is 0 Å². The molecular weight excluding hydrogens is 308 g/mol. The van der Waals surface area contributed by atoms with E-state index in [1.165, 1.54) is 0 Å². The summed E-state index contributed by atoms with van der Waals surface area (Å²) < 4.78 is 12.8. The highest BCUT2D eigenvalue weighted by molar-refractivity contribution is 5.80. The first-order chi connectivity index (χ1) is 11.6. The molecule has 7 heteroatoms. The second-order valence-corrected chi connectivity index (χ2v) is 6.40. The summed E-state index contributed by atoms with van der Waals surface area (Å²) in [4.78, 5) is 20.6. The minimum Gasteiger partial charge on any atom is -0.454 e. The first-order valence-electron chi connectivity index (χ1n) is 7.94. The minimum atomic E-state index is -0.236. The second-order valence-electron chi connectivity index (χ2n) is 6.40. The van der Waals surface area contributed by atoms with Crippen LogP contribution < -0.4 is 9.47 Å². The summed E-state index contributed by atoms with van der Waals surface area (Å²) in [5.74, 6) is 1.66. The van der Waals surface area contributed by atoms with Crippen LogP contribution in [-0.2, 0) is 17.9 Å². The molecule has 0 saturated heterocycles. The second kappa shape index (κ2) is 5.83. The zero-order valence-corrected chi connectivity index (χ0v) is 13.8. The minimum absolute atomic E-state index is 0.0876. The molecule has 0 unspecified atom stereocenters. The van der Waals surface area contributed by atoms with Gasteiger partial charge in [0.05, 0.1) is 12.0 Å². The normalized spacial score (nSPS) is 19.2. The molecule has 0 saturated carbocycles. The molecule has 1 amide bonds. The Balaban J connectivity index is 1.55. The zero-order valence-electron chi connectivity index (χ0n) is 13.8. The molecule has 126 valence electrons. The number of ether oxygens (including phenoxy) is 2. The van der Waals surface area contributed by atoms with E-state index in [1.807, 2.05) is 29.0 Å². The third-order valence-corrected chi connectivity index (χ3v) is 4.47. The maximum absolute atomic E-state index is 12.5.